The highest BCUT2D eigenvalue weighted by atomic mass is 35.5. The van der Waals surface area contributed by atoms with E-state index in [2.05, 4.69) is 10.3 Å². The van der Waals surface area contributed by atoms with Gasteiger partial charge in [0, 0.05) is 17.5 Å². The monoisotopic (exact) mass is 317 g/mol. The van der Waals surface area contributed by atoms with Crippen molar-refractivity contribution in [3.05, 3.63) is 16.1 Å². The minimum Gasteiger partial charge on any atom is -0.349 e. The number of hydrogen-bond donors (Lipinski definition) is 1. The smallest absolute Gasteiger partial charge is 0.270 e. The van der Waals surface area contributed by atoms with Gasteiger partial charge in [0.25, 0.3) is 5.91 Å². The summed E-state index contributed by atoms with van der Waals surface area (Å²) in [6.07, 6.45) is 0. The summed E-state index contributed by atoms with van der Waals surface area (Å²) in [5, 5.41) is 5.22. The predicted molar refractivity (Wildman–Crippen MR) is 81.1 cm³/mol. The molecule has 0 saturated carbocycles. The Morgan fingerprint density at radius 2 is 2.05 bits per heavy atom. The Hall–Kier alpha value is -1.14. The van der Waals surface area contributed by atoms with Crippen LogP contribution in [0.1, 0.15) is 43.2 Å². The molecule has 1 N–H and O–H groups in total. The molecule has 0 atom stereocenters. The molecule has 1 rings (SSSR count). The molecule has 112 valence electrons. The standard InChI is InChI=1S/C13H20ClN3O2S/c1-8(2)15-13(19)10-7-20-11(16-10)6-17(9(3)4)12(18)5-14/h7-9H,5-6H2,1-4H3,(H,15,19). The SMILES string of the molecule is CC(C)NC(=O)c1csc(CN(C(=O)CCl)C(C)C)n1. The summed E-state index contributed by atoms with van der Waals surface area (Å²) in [6.45, 7) is 8.01. The number of halogens is 1. The van der Waals surface area contributed by atoms with Gasteiger partial charge in [-0.2, -0.15) is 0 Å². The lowest BCUT2D eigenvalue weighted by molar-refractivity contribution is -0.130. The van der Waals surface area contributed by atoms with Crippen LogP contribution in [-0.4, -0.2) is 39.7 Å². The van der Waals surface area contributed by atoms with Crippen LogP contribution in [0, 0.1) is 0 Å². The summed E-state index contributed by atoms with van der Waals surface area (Å²) in [4.78, 5) is 29.5. The molecule has 1 aromatic rings. The molecule has 5 nitrogen and oxygen atoms in total. The van der Waals surface area contributed by atoms with Gasteiger partial charge in [0.1, 0.15) is 16.6 Å². The van der Waals surface area contributed by atoms with Crippen molar-refractivity contribution in [3.8, 4) is 0 Å². The number of aromatic nitrogens is 1. The van der Waals surface area contributed by atoms with Crippen LogP contribution in [-0.2, 0) is 11.3 Å². The van der Waals surface area contributed by atoms with Crippen molar-refractivity contribution in [2.24, 2.45) is 0 Å². The molecule has 0 unspecified atom stereocenters. The Bertz CT molecular complexity index is 474. The molecule has 7 heteroatoms. The molecule has 1 aromatic heterocycles. The molecule has 20 heavy (non-hydrogen) atoms. The highest BCUT2D eigenvalue weighted by Crippen LogP contribution is 2.15. The second kappa shape index (κ2) is 7.59. The third-order valence-corrected chi connectivity index (χ3v) is 3.63. The number of alkyl halides is 1. The van der Waals surface area contributed by atoms with Crippen LogP contribution in [0.15, 0.2) is 5.38 Å². The van der Waals surface area contributed by atoms with Crippen molar-refractivity contribution in [2.45, 2.75) is 46.3 Å². The van der Waals surface area contributed by atoms with E-state index in [4.69, 9.17) is 11.6 Å². The van der Waals surface area contributed by atoms with Crippen LogP contribution in [0.25, 0.3) is 0 Å². The number of nitrogens with one attached hydrogen (secondary N) is 1. The van der Waals surface area contributed by atoms with Gasteiger partial charge in [-0.25, -0.2) is 4.98 Å². The second-order valence-corrected chi connectivity index (χ2v) is 6.21. The van der Waals surface area contributed by atoms with E-state index in [1.54, 1.807) is 10.3 Å². The maximum absolute atomic E-state index is 11.8. The molecule has 0 fully saturated rings. The van der Waals surface area contributed by atoms with Crippen LogP contribution in [0.3, 0.4) is 0 Å². The van der Waals surface area contributed by atoms with Crippen LogP contribution < -0.4 is 5.32 Å². The average Bonchev–Trinajstić information content (AvgIpc) is 2.82. The minimum atomic E-state index is -0.192. The van der Waals surface area contributed by atoms with E-state index < -0.39 is 0 Å². The third-order valence-electron chi connectivity index (χ3n) is 2.57. The Balaban J connectivity index is 2.76. The Labute approximate surface area is 128 Å². The molecule has 0 spiro atoms. The largest absolute Gasteiger partial charge is 0.349 e. The van der Waals surface area contributed by atoms with Crippen LogP contribution in [0.2, 0.25) is 0 Å². The first kappa shape index (κ1) is 16.9. The van der Waals surface area contributed by atoms with Gasteiger partial charge in [-0.05, 0) is 27.7 Å². The van der Waals surface area contributed by atoms with Crippen LogP contribution in [0.4, 0.5) is 0 Å². The van der Waals surface area contributed by atoms with Crippen molar-refractivity contribution >= 4 is 34.8 Å². The average molecular weight is 318 g/mol. The van der Waals surface area contributed by atoms with Crippen molar-refractivity contribution in [2.75, 3.05) is 5.88 Å². The van der Waals surface area contributed by atoms with E-state index in [1.165, 1.54) is 11.3 Å². The van der Waals surface area contributed by atoms with Crippen molar-refractivity contribution < 1.29 is 9.59 Å². The number of rotatable bonds is 6. The fraction of sp³-hybridized carbons (Fsp3) is 0.615. The quantitative estimate of drug-likeness (QED) is 0.819. The van der Waals surface area contributed by atoms with E-state index in [1.807, 2.05) is 27.7 Å². The maximum Gasteiger partial charge on any atom is 0.270 e. The van der Waals surface area contributed by atoms with E-state index in [9.17, 15) is 9.59 Å². The van der Waals surface area contributed by atoms with Crippen LogP contribution >= 0.6 is 22.9 Å². The van der Waals surface area contributed by atoms with Gasteiger partial charge in [0.15, 0.2) is 0 Å². The number of thiazole rings is 1. The topological polar surface area (TPSA) is 62.3 Å². The van der Waals surface area contributed by atoms with Gasteiger partial charge in [-0.15, -0.1) is 22.9 Å². The van der Waals surface area contributed by atoms with Gasteiger partial charge in [-0.1, -0.05) is 0 Å². The fourth-order valence-electron chi connectivity index (χ4n) is 1.61. The Kier molecular flexibility index (Phi) is 6.42. The van der Waals surface area contributed by atoms with E-state index in [-0.39, 0.29) is 29.8 Å². The Morgan fingerprint density at radius 1 is 1.40 bits per heavy atom. The van der Waals surface area contributed by atoms with E-state index >= 15 is 0 Å². The molecular formula is C13H20ClN3O2S. The van der Waals surface area contributed by atoms with Crippen molar-refractivity contribution in [1.29, 1.82) is 0 Å². The van der Waals surface area contributed by atoms with Gasteiger partial charge >= 0.3 is 0 Å². The lowest BCUT2D eigenvalue weighted by atomic mass is 10.3. The first-order valence-corrected chi connectivity index (χ1v) is 7.87. The molecule has 2 amide bonds. The summed E-state index contributed by atoms with van der Waals surface area (Å²) in [7, 11) is 0. The molecule has 0 aromatic carbocycles. The molecule has 0 aliphatic rings. The normalized spacial score (nSPS) is 10.9. The lowest BCUT2D eigenvalue weighted by Crippen LogP contribution is -2.37. The highest BCUT2D eigenvalue weighted by Gasteiger charge is 2.19. The first-order chi connectivity index (χ1) is 9.35. The number of nitrogens with zero attached hydrogens (tertiary/aromatic N) is 2. The van der Waals surface area contributed by atoms with Crippen molar-refractivity contribution in [3.63, 3.8) is 0 Å². The molecule has 0 aliphatic carbocycles. The zero-order chi connectivity index (χ0) is 15.3. The molecular weight excluding hydrogens is 298 g/mol. The number of carbonyl (C=O) groups is 2. The van der Waals surface area contributed by atoms with Gasteiger partial charge in [0.2, 0.25) is 5.91 Å². The number of hydrogen-bond acceptors (Lipinski definition) is 4. The Morgan fingerprint density at radius 3 is 2.55 bits per heavy atom. The summed E-state index contributed by atoms with van der Waals surface area (Å²) in [5.74, 6) is -0.378. The predicted octanol–water partition coefficient (Wildman–Crippen LogP) is 2.26. The molecule has 0 saturated heterocycles. The summed E-state index contributed by atoms with van der Waals surface area (Å²) >= 11 is 6.97. The minimum absolute atomic E-state index is 0.0399. The van der Waals surface area contributed by atoms with Crippen molar-refractivity contribution in [1.82, 2.24) is 15.2 Å². The first-order valence-electron chi connectivity index (χ1n) is 6.45. The molecule has 0 aliphatic heterocycles. The van der Waals surface area contributed by atoms with Gasteiger partial charge in [-0.3, -0.25) is 9.59 Å². The summed E-state index contributed by atoms with van der Waals surface area (Å²) in [6, 6.07) is 0.107. The maximum atomic E-state index is 11.8. The molecule has 1 heterocycles. The van der Waals surface area contributed by atoms with E-state index in [0.717, 1.165) is 5.01 Å². The third kappa shape index (κ3) is 4.76. The van der Waals surface area contributed by atoms with E-state index in [0.29, 0.717) is 12.2 Å². The summed E-state index contributed by atoms with van der Waals surface area (Å²) < 4.78 is 0. The second-order valence-electron chi connectivity index (χ2n) is 5.00. The highest BCUT2D eigenvalue weighted by molar-refractivity contribution is 7.09. The number of amides is 2. The summed E-state index contributed by atoms with van der Waals surface area (Å²) in [5.41, 5.74) is 0.390. The molecule has 0 bridgehead atoms. The number of carbonyl (C=O) groups excluding carboxylic acids is 2. The van der Waals surface area contributed by atoms with Gasteiger partial charge < -0.3 is 10.2 Å². The lowest BCUT2D eigenvalue weighted by Gasteiger charge is -2.24. The van der Waals surface area contributed by atoms with Gasteiger partial charge in [0.05, 0.1) is 6.54 Å². The van der Waals surface area contributed by atoms with Crippen LogP contribution in [0.5, 0.6) is 0 Å². The zero-order valence-electron chi connectivity index (χ0n) is 12.1. The zero-order valence-corrected chi connectivity index (χ0v) is 13.7. The fourth-order valence-corrected chi connectivity index (χ4v) is 2.53. The molecule has 0 radical (unpaired) electrons.